The number of hydrogen-bond donors (Lipinski definition) is 1. The van der Waals surface area contributed by atoms with E-state index < -0.39 is 0 Å². The molecule has 2 aliphatic rings. The zero-order chi connectivity index (χ0) is 13.9. The quantitative estimate of drug-likeness (QED) is 0.930. The molecule has 0 bridgehead atoms. The molecular formula is C16H23ClN2O2. The zero-order valence-corrected chi connectivity index (χ0v) is 13.2. The molecule has 2 unspecified atom stereocenters. The lowest BCUT2D eigenvalue weighted by molar-refractivity contribution is -0.132. The molecule has 5 heteroatoms. The number of carbonyl (C=O) groups excluding carboxylic acids is 1. The van der Waals surface area contributed by atoms with Crippen LogP contribution in [0.15, 0.2) is 24.3 Å². The number of methoxy groups -OCH3 is 1. The molecule has 3 rings (SSSR count). The van der Waals surface area contributed by atoms with Crippen LogP contribution >= 0.6 is 12.4 Å². The Kier molecular flexibility index (Phi) is 5.48. The Hall–Kier alpha value is -1.26. The summed E-state index contributed by atoms with van der Waals surface area (Å²) >= 11 is 0. The van der Waals surface area contributed by atoms with Crippen LogP contribution in [0.25, 0.3) is 0 Å². The highest BCUT2D eigenvalue weighted by atomic mass is 35.5. The van der Waals surface area contributed by atoms with Crippen LogP contribution in [-0.4, -0.2) is 43.6 Å². The molecule has 1 aromatic carbocycles. The first-order valence-corrected chi connectivity index (χ1v) is 7.44. The molecule has 2 saturated heterocycles. The minimum atomic E-state index is 0. The number of benzene rings is 1. The lowest BCUT2D eigenvalue weighted by atomic mass is 9.97. The van der Waals surface area contributed by atoms with Gasteiger partial charge in [-0.15, -0.1) is 12.4 Å². The molecule has 0 aliphatic carbocycles. The van der Waals surface area contributed by atoms with Gasteiger partial charge in [0, 0.05) is 19.0 Å². The molecule has 1 N–H and O–H groups in total. The van der Waals surface area contributed by atoms with E-state index in [1.54, 1.807) is 7.11 Å². The number of ether oxygens (including phenoxy) is 1. The van der Waals surface area contributed by atoms with Crippen molar-refractivity contribution >= 4 is 18.3 Å². The van der Waals surface area contributed by atoms with E-state index in [0.29, 0.717) is 5.92 Å². The summed E-state index contributed by atoms with van der Waals surface area (Å²) in [5.74, 6) is 1.61. The largest absolute Gasteiger partial charge is 0.496 e. The summed E-state index contributed by atoms with van der Waals surface area (Å²) in [5.41, 5.74) is 1.23. The Balaban J connectivity index is 0.00000161. The number of rotatable bonds is 3. The predicted molar refractivity (Wildman–Crippen MR) is 85.2 cm³/mol. The van der Waals surface area contributed by atoms with E-state index in [4.69, 9.17) is 4.74 Å². The van der Waals surface area contributed by atoms with Gasteiger partial charge in [-0.3, -0.25) is 4.79 Å². The van der Waals surface area contributed by atoms with Crippen molar-refractivity contribution in [3.8, 4) is 5.75 Å². The predicted octanol–water partition coefficient (Wildman–Crippen LogP) is 2.18. The Bertz CT molecular complexity index is 489. The van der Waals surface area contributed by atoms with Gasteiger partial charge in [0.25, 0.3) is 0 Å². The normalized spacial score (nSPS) is 24.7. The zero-order valence-electron chi connectivity index (χ0n) is 12.4. The van der Waals surface area contributed by atoms with Crippen molar-refractivity contribution in [2.24, 2.45) is 0 Å². The van der Waals surface area contributed by atoms with E-state index in [2.05, 4.69) is 11.4 Å². The van der Waals surface area contributed by atoms with Crippen molar-refractivity contribution in [1.29, 1.82) is 0 Å². The first-order valence-electron chi connectivity index (χ1n) is 7.44. The van der Waals surface area contributed by atoms with E-state index in [1.165, 1.54) is 5.56 Å². The SMILES string of the molecule is COc1ccccc1C1CCN(C(=O)C2CCCN2)C1.Cl. The summed E-state index contributed by atoms with van der Waals surface area (Å²) in [6, 6.07) is 8.19. The van der Waals surface area contributed by atoms with Gasteiger partial charge in [0.05, 0.1) is 13.2 Å². The molecule has 0 saturated carbocycles. The summed E-state index contributed by atoms with van der Waals surface area (Å²) < 4.78 is 5.44. The Morgan fingerprint density at radius 3 is 2.86 bits per heavy atom. The smallest absolute Gasteiger partial charge is 0.239 e. The van der Waals surface area contributed by atoms with Crippen LogP contribution in [0.5, 0.6) is 5.75 Å². The molecule has 2 atom stereocenters. The Morgan fingerprint density at radius 2 is 2.14 bits per heavy atom. The van der Waals surface area contributed by atoms with Crippen molar-refractivity contribution in [2.45, 2.75) is 31.2 Å². The number of halogens is 1. The highest BCUT2D eigenvalue weighted by molar-refractivity contribution is 5.85. The van der Waals surface area contributed by atoms with Gasteiger partial charge in [-0.25, -0.2) is 0 Å². The van der Waals surface area contributed by atoms with E-state index in [9.17, 15) is 4.79 Å². The van der Waals surface area contributed by atoms with E-state index in [0.717, 1.165) is 44.6 Å². The monoisotopic (exact) mass is 310 g/mol. The maximum absolute atomic E-state index is 12.4. The van der Waals surface area contributed by atoms with Gasteiger partial charge >= 0.3 is 0 Å². The fourth-order valence-electron chi connectivity index (χ4n) is 3.33. The minimum absolute atomic E-state index is 0. The van der Waals surface area contributed by atoms with Crippen LogP contribution in [0.4, 0.5) is 0 Å². The van der Waals surface area contributed by atoms with E-state index in [1.807, 2.05) is 23.1 Å². The number of carbonyl (C=O) groups is 1. The van der Waals surface area contributed by atoms with E-state index >= 15 is 0 Å². The van der Waals surface area contributed by atoms with Crippen molar-refractivity contribution in [1.82, 2.24) is 10.2 Å². The van der Waals surface area contributed by atoms with Crippen molar-refractivity contribution < 1.29 is 9.53 Å². The lowest BCUT2D eigenvalue weighted by Crippen LogP contribution is -2.42. The van der Waals surface area contributed by atoms with Crippen molar-refractivity contribution in [3.63, 3.8) is 0 Å². The molecular weight excluding hydrogens is 288 g/mol. The van der Waals surface area contributed by atoms with Crippen LogP contribution in [-0.2, 0) is 4.79 Å². The van der Waals surface area contributed by atoms with Gasteiger partial charge in [-0.05, 0) is 37.4 Å². The number of para-hydroxylation sites is 1. The lowest BCUT2D eigenvalue weighted by Gasteiger charge is -2.21. The minimum Gasteiger partial charge on any atom is -0.496 e. The van der Waals surface area contributed by atoms with Crippen LogP contribution < -0.4 is 10.1 Å². The highest BCUT2D eigenvalue weighted by Gasteiger charge is 2.33. The molecule has 4 nitrogen and oxygen atoms in total. The maximum atomic E-state index is 12.4. The van der Waals surface area contributed by atoms with Gasteiger partial charge in [-0.1, -0.05) is 18.2 Å². The Morgan fingerprint density at radius 1 is 1.33 bits per heavy atom. The second kappa shape index (κ2) is 7.14. The third-order valence-electron chi connectivity index (χ3n) is 4.44. The fourth-order valence-corrected chi connectivity index (χ4v) is 3.33. The van der Waals surface area contributed by atoms with Gasteiger partial charge in [-0.2, -0.15) is 0 Å². The third kappa shape index (κ3) is 3.33. The van der Waals surface area contributed by atoms with Crippen molar-refractivity contribution in [3.05, 3.63) is 29.8 Å². The van der Waals surface area contributed by atoms with E-state index in [-0.39, 0.29) is 24.4 Å². The number of nitrogens with one attached hydrogen (secondary N) is 1. The molecule has 0 aromatic heterocycles. The second-order valence-electron chi connectivity index (χ2n) is 5.66. The first-order chi connectivity index (χ1) is 9.79. The first kappa shape index (κ1) is 16.1. The Labute approximate surface area is 132 Å². The van der Waals surface area contributed by atoms with Gasteiger partial charge in [0.15, 0.2) is 0 Å². The standard InChI is InChI=1S/C16H22N2O2.ClH/c1-20-15-7-3-2-5-13(15)12-8-10-18(11-12)16(19)14-6-4-9-17-14;/h2-3,5,7,12,14,17H,4,6,8-11H2,1H3;1H. The van der Waals surface area contributed by atoms with Crippen LogP contribution in [0.1, 0.15) is 30.7 Å². The molecule has 2 fully saturated rings. The molecule has 116 valence electrons. The number of amides is 1. The van der Waals surface area contributed by atoms with Gasteiger partial charge in [0.2, 0.25) is 5.91 Å². The topological polar surface area (TPSA) is 41.6 Å². The molecule has 0 spiro atoms. The molecule has 1 amide bonds. The summed E-state index contributed by atoms with van der Waals surface area (Å²) in [7, 11) is 1.71. The molecule has 0 radical (unpaired) electrons. The summed E-state index contributed by atoms with van der Waals surface area (Å²) in [6.07, 6.45) is 3.12. The average Bonchev–Trinajstić information content (AvgIpc) is 3.18. The number of hydrogen-bond acceptors (Lipinski definition) is 3. The fraction of sp³-hybridized carbons (Fsp3) is 0.562. The summed E-state index contributed by atoms with van der Waals surface area (Å²) in [4.78, 5) is 14.4. The molecule has 2 heterocycles. The third-order valence-corrected chi connectivity index (χ3v) is 4.44. The molecule has 1 aromatic rings. The highest BCUT2D eigenvalue weighted by Crippen LogP contribution is 2.33. The maximum Gasteiger partial charge on any atom is 0.239 e. The second-order valence-corrected chi connectivity index (χ2v) is 5.66. The van der Waals surface area contributed by atoms with Gasteiger partial charge < -0.3 is 15.0 Å². The van der Waals surface area contributed by atoms with Gasteiger partial charge in [0.1, 0.15) is 5.75 Å². The van der Waals surface area contributed by atoms with Crippen LogP contribution in [0.3, 0.4) is 0 Å². The summed E-state index contributed by atoms with van der Waals surface area (Å²) in [5, 5.41) is 3.29. The van der Waals surface area contributed by atoms with Crippen LogP contribution in [0.2, 0.25) is 0 Å². The number of nitrogens with zero attached hydrogens (tertiary/aromatic N) is 1. The molecule has 21 heavy (non-hydrogen) atoms. The van der Waals surface area contributed by atoms with Crippen molar-refractivity contribution in [2.75, 3.05) is 26.7 Å². The number of likely N-dealkylation sites (tertiary alicyclic amines) is 1. The summed E-state index contributed by atoms with van der Waals surface area (Å²) in [6.45, 7) is 2.65. The molecule has 2 aliphatic heterocycles. The van der Waals surface area contributed by atoms with Crippen LogP contribution in [0, 0.1) is 0 Å². The average molecular weight is 311 g/mol.